The van der Waals surface area contributed by atoms with Crippen LogP contribution in [-0.2, 0) is 32.1 Å². The molecule has 0 heterocycles. The second-order valence-electron chi connectivity index (χ2n) is 14.9. The third-order valence-corrected chi connectivity index (χ3v) is 17.7. The molecule has 1 unspecified atom stereocenters. The van der Waals surface area contributed by atoms with Crippen LogP contribution in [0.4, 0.5) is 0 Å². The van der Waals surface area contributed by atoms with Gasteiger partial charge in [0.05, 0.1) is 0 Å². The van der Waals surface area contributed by atoms with Crippen molar-refractivity contribution in [3.05, 3.63) is 127 Å². The summed E-state index contributed by atoms with van der Waals surface area (Å²) in [5.74, 6) is 0.492. The molecule has 0 aliphatic heterocycles. The van der Waals surface area contributed by atoms with Crippen LogP contribution in [0.3, 0.4) is 0 Å². The van der Waals surface area contributed by atoms with Crippen LogP contribution in [0.25, 0.3) is 23.3 Å². The third kappa shape index (κ3) is 5.33. The molecule has 0 spiro atoms. The van der Waals surface area contributed by atoms with Gasteiger partial charge in [-0.25, -0.2) is 0 Å². The first-order valence-corrected chi connectivity index (χ1v) is 19.4. The van der Waals surface area contributed by atoms with Crippen molar-refractivity contribution in [2.24, 2.45) is 11.3 Å². The molecule has 0 amide bonds. The maximum absolute atomic E-state index is 2.76. The van der Waals surface area contributed by atoms with Gasteiger partial charge in [0, 0.05) is 0 Å². The minimum atomic E-state index is -2.52. The Bertz CT molecular complexity index is 1690. The number of fused-ring (bicyclic) bond motifs is 5. The van der Waals surface area contributed by atoms with Gasteiger partial charge < -0.3 is 24.8 Å². The van der Waals surface area contributed by atoms with E-state index in [0.717, 1.165) is 0 Å². The van der Waals surface area contributed by atoms with Crippen LogP contribution in [-0.4, -0.2) is 3.71 Å². The van der Waals surface area contributed by atoms with Crippen molar-refractivity contribution < 1.29 is 46.1 Å². The third-order valence-electron chi connectivity index (χ3n) is 9.97. The molecule has 4 aliphatic carbocycles. The van der Waals surface area contributed by atoms with Crippen molar-refractivity contribution in [1.29, 1.82) is 0 Å². The Labute approximate surface area is 279 Å². The standard InChI is InChI=1S/C23H21.C10H15.C7H6.2ClH.Zr/c1-22(2)7-5-14-10-18-16(12-20(14)22)9-17-13-21-15(11-19(17)18)6-8-23(21,3)4;1-8-5-6-9(7-8)10(2,3)4;1-7-5-3-2-4-6-7;;;/h5-13H,1-4H3;6-8H,1-4H3;1-6H;2*1H;/q;;;;;+2/p-2. The summed E-state index contributed by atoms with van der Waals surface area (Å²) >= 11 is -2.52. The molecule has 0 saturated carbocycles. The van der Waals surface area contributed by atoms with Gasteiger partial charge in [0.15, 0.2) is 0 Å². The van der Waals surface area contributed by atoms with Crippen molar-refractivity contribution in [2.75, 3.05) is 0 Å². The Kier molecular flexibility index (Phi) is 8.34. The smallest absolute Gasteiger partial charge is 1.00 e. The van der Waals surface area contributed by atoms with E-state index in [0.29, 0.717) is 9.54 Å². The maximum Gasteiger partial charge on any atom is -1.00 e. The van der Waals surface area contributed by atoms with E-state index in [4.69, 9.17) is 0 Å². The van der Waals surface area contributed by atoms with E-state index in [1.807, 2.05) is 0 Å². The molecule has 4 aliphatic rings. The quantitative estimate of drug-likeness (QED) is 0.385. The monoisotopic (exact) mass is 682 g/mol. The molecule has 0 saturated heterocycles. The molecule has 0 fully saturated rings. The summed E-state index contributed by atoms with van der Waals surface area (Å²) in [6.45, 7) is 19.0. The fourth-order valence-electron chi connectivity index (χ4n) is 7.46. The zero-order chi connectivity index (χ0) is 28.9. The fourth-order valence-corrected chi connectivity index (χ4v) is 15.6. The molecule has 43 heavy (non-hydrogen) atoms. The first-order chi connectivity index (χ1) is 19.3. The average Bonchev–Trinajstić information content (AvgIpc) is 3.63. The summed E-state index contributed by atoms with van der Waals surface area (Å²) in [5.41, 5.74) is 15.1. The molecule has 1 atom stereocenters. The van der Waals surface area contributed by atoms with E-state index in [9.17, 15) is 0 Å². The van der Waals surface area contributed by atoms with E-state index in [-0.39, 0.29) is 41.1 Å². The molecule has 7 rings (SSSR count). The molecule has 0 N–H and O–H groups in total. The van der Waals surface area contributed by atoms with E-state index < -0.39 is 21.3 Å². The van der Waals surface area contributed by atoms with Gasteiger partial charge in [0.25, 0.3) is 0 Å². The first-order valence-electron chi connectivity index (χ1n) is 15.3. The van der Waals surface area contributed by atoms with Crippen LogP contribution in [0.5, 0.6) is 0 Å². The molecule has 3 heteroatoms. The molecule has 3 aromatic rings. The molecule has 220 valence electrons. The van der Waals surface area contributed by atoms with E-state index in [1.54, 1.807) is 14.4 Å². The predicted octanol–water partition coefficient (Wildman–Crippen LogP) is 4.35. The van der Waals surface area contributed by atoms with Crippen LogP contribution in [0, 0.1) is 11.3 Å². The van der Waals surface area contributed by atoms with Crippen molar-refractivity contribution >= 4 is 15.9 Å². The summed E-state index contributed by atoms with van der Waals surface area (Å²) in [7, 11) is 0. The van der Waals surface area contributed by atoms with Crippen LogP contribution < -0.4 is 24.8 Å². The van der Waals surface area contributed by atoms with Gasteiger partial charge in [-0.3, -0.25) is 0 Å². The summed E-state index contributed by atoms with van der Waals surface area (Å²) < 4.78 is 4.97. The van der Waals surface area contributed by atoms with E-state index in [1.165, 1.54) is 44.5 Å². The van der Waals surface area contributed by atoms with Gasteiger partial charge in [-0.05, 0) is 0 Å². The zero-order valence-electron chi connectivity index (χ0n) is 26.6. The van der Waals surface area contributed by atoms with Crippen molar-refractivity contribution in [2.45, 2.75) is 69.8 Å². The van der Waals surface area contributed by atoms with E-state index in [2.05, 4.69) is 150 Å². The molecular formula is C40H42Cl2Zr. The molecule has 0 aromatic heterocycles. The molecule has 0 radical (unpaired) electrons. The molecule has 0 nitrogen and oxygen atoms in total. The first kappa shape index (κ1) is 32.3. The Morgan fingerprint density at radius 2 is 1.26 bits per heavy atom. The normalized spacial score (nSPS) is 20.0. The van der Waals surface area contributed by atoms with Gasteiger partial charge in [-0.2, -0.15) is 0 Å². The SMILES string of the molecule is CC1C=C(C(C)(C)C)C=[C]1/[Zr+2](=[CH]\c1ccccc1)[CH]1c2cc3c(cc2-c2cc4c(cc21)C(C)(C)C=C4)C=CC3(C)C.[Cl-].[Cl-]. The molecule has 0 bridgehead atoms. The van der Waals surface area contributed by atoms with Crippen LogP contribution in [0.2, 0.25) is 0 Å². The zero-order valence-corrected chi connectivity index (χ0v) is 30.6. The van der Waals surface area contributed by atoms with Crippen molar-refractivity contribution in [1.82, 2.24) is 0 Å². The second-order valence-corrected chi connectivity index (χ2v) is 20.7. The van der Waals surface area contributed by atoms with Gasteiger partial charge in [0.2, 0.25) is 0 Å². The summed E-state index contributed by atoms with van der Waals surface area (Å²) in [6.07, 6.45) is 14.7. The van der Waals surface area contributed by atoms with Crippen molar-refractivity contribution in [3.8, 4) is 11.1 Å². The van der Waals surface area contributed by atoms with E-state index >= 15 is 0 Å². The van der Waals surface area contributed by atoms with Crippen molar-refractivity contribution in [3.63, 3.8) is 0 Å². The number of hydrogen-bond acceptors (Lipinski definition) is 0. The summed E-state index contributed by atoms with van der Waals surface area (Å²) in [4.78, 5) is 0. The Morgan fingerprint density at radius 3 is 1.72 bits per heavy atom. The maximum atomic E-state index is 2.76. The van der Waals surface area contributed by atoms with Crippen LogP contribution in [0.15, 0.2) is 87.8 Å². The second kappa shape index (κ2) is 11.1. The largest absolute Gasteiger partial charge is 1.00 e. The number of hydrogen-bond donors (Lipinski definition) is 0. The van der Waals surface area contributed by atoms with Crippen LogP contribution >= 0.6 is 0 Å². The fraction of sp³-hybridized carbons (Fsp3) is 0.325. The predicted molar refractivity (Wildman–Crippen MR) is 174 cm³/mol. The number of rotatable bonds is 3. The van der Waals surface area contributed by atoms with Gasteiger partial charge in [-0.15, -0.1) is 0 Å². The Morgan fingerprint density at radius 1 is 0.744 bits per heavy atom. The van der Waals surface area contributed by atoms with Gasteiger partial charge in [0.1, 0.15) is 0 Å². The van der Waals surface area contributed by atoms with Crippen LogP contribution in [0.1, 0.15) is 98.0 Å². The minimum Gasteiger partial charge on any atom is -1.00 e. The van der Waals surface area contributed by atoms with Gasteiger partial charge in [-0.1, -0.05) is 0 Å². The summed E-state index contributed by atoms with van der Waals surface area (Å²) in [5, 5.41) is 0. The average molecular weight is 685 g/mol. The molecule has 3 aromatic carbocycles. The summed E-state index contributed by atoms with van der Waals surface area (Å²) in [6, 6.07) is 21.5. The van der Waals surface area contributed by atoms with Gasteiger partial charge >= 0.3 is 256 Å². The number of benzene rings is 3. The number of halogens is 2. The Balaban J connectivity index is 0.00000184. The number of allylic oxidation sites excluding steroid dienone is 6. The Hall–Kier alpha value is -2.05. The topological polar surface area (TPSA) is 0 Å². The minimum absolute atomic E-state index is 0. The molecular weight excluding hydrogens is 643 g/mol.